The summed E-state index contributed by atoms with van der Waals surface area (Å²) in [4.78, 5) is 5.04. The topological polar surface area (TPSA) is 32.5 Å². The van der Waals surface area contributed by atoms with Crippen LogP contribution < -0.4 is 5.73 Å². The van der Waals surface area contributed by atoms with E-state index in [0.29, 0.717) is 17.4 Å². The summed E-state index contributed by atoms with van der Waals surface area (Å²) in [6.07, 6.45) is 6.71. The molecular formula is C16H33N3. The highest BCUT2D eigenvalue weighted by atomic mass is 15.2. The zero-order valence-corrected chi connectivity index (χ0v) is 13.4. The van der Waals surface area contributed by atoms with Crippen LogP contribution in [-0.4, -0.2) is 55.6 Å². The number of rotatable bonds is 4. The molecule has 2 aliphatic rings. The first-order valence-corrected chi connectivity index (χ1v) is 8.04. The lowest BCUT2D eigenvalue weighted by Gasteiger charge is -2.44. The number of hydrogen-bond donors (Lipinski definition) is 1. The van der Waals surface area contributed by atoms with Crippen molar-refractivity contribution >= 4 is 0 Å². The van der Waals surface area contributed by atoms with Gasteiger partial charge in [0.05, 0.1) is 0 Å². The minimum Gasteiger partial charge on any atom is -0.327 e. The molecule has 2 rings (SSSR count). The Bertz CT molecular complexity index is 288. The summed E-state index contributed by atoms with van der Waals surface area (Å²) in [6, 6.07) is 1.13. The average Bonchev–Trinajstić information content (AvgIpc) is 2.71. The van der Waals surface area contributed by atoms with E-state index in [2.05, 4.69) is 37.7 Å². The molecule has 3 heteroatoms. The third-order valence-corrected chi connectivity index (χ3v) is 5.35. The molecule has 0 amide bonds. The van der Waals surface area contributed by atoms with Crippen molar-refractivity contribution in [3.05, 3.63) is 0 Å². The van der Waals surface area contributed by atoms with Gasteiger partial charge in [-0.2, -0.15) is 0 Å². The van der Waals surface area contributed by atoms with Crippen LogP contribution in [0.25, 0.3) is 0 Å². The van der Waals surface area contributed by atoms with Crippen molar-refractivity contribution < 1.29 is 0 Å². The van der Waals surface area contributed by atoms with E-state index in [1.165, 1.54) is 51.7 Å². The SMILES string of the molecule is CN(C)CC1CCCN1CC1CCCC(C)(C)C1N. The summed E-state index contributed by atoms with van der Waals surface area (Å²) in [7, 11) is 4.37. The van der Waals surface area contributed by atoms with Gasteiger partial charge in [0.15, 0.2) is 0 Å². The van der Waals surface area contributed by atoms with Crippen molar-refractivity contribution in [3.63, 3.8) is 0 Å². The third kappa shape index (κ3) is 3.71. The first-order chi connectivity index (χ1) is 8.90. The Hall–Kier alpha value is -0.120. The van der Waals surface area contributed by atoms with E-state index in [0.717, 1.165) is 6.04 Å². The minimum atomic E-state index is 0.333. The van der Waals surface area contributed by atoms with E-state index < -0.39 is 0 Å². The second kappa shape index (κ2) is 6.11. The largest absolute Gasteiger partial charge is 0.327 e. The average molecular weight is 267 g/mol. The monoisotopic (exact) mass is 267 g/mol. The summed E-state index contributed by atoms with van der Waals surface area (Å²) in [5, 5.41) is 0. The lowest BCUT2D eigenvalue weighted by Crippen LogP contribution is -2.51. The van der Waals surface area contributed by atoms with Gasteiger partial charge in [0.1, 0.15) is 0 Å². The van der Waals surface area contributed by atoms with Gasteiger partial charge in [0.25, 0.3) is 0 Å². The maximum atomic E-state index is 6.54. The minimum absolute atomic E-state index is 0.333. The quantitative estimate of drug-likeness (QED) is 0.847. The van der Waals surface area contributed by atoms with Gasteiger partial charge >= 0.3 is 0 Å². The van der Waals surface area contributed by atoms with Crippen molar-refractivity contribution in [2.24, 2.45) is 17.1 Å². The van der Waals surface area contributed by atoms with Gasteiger partial charge in [0, 0.05) is 25.2 Å². The Labute approximate surface area is 119 Å². The Kier molecular flexibility index (Phi) is 4.91. The zero-order chi connectivity index (χ0) is 14.0. The van der Waals surface area contributed by atoms with Crippen LogP contribution in [0, 0.1) is 11.3 Å². The molecule has 112 valence electrons. The number of likely N-dealkylation sites (tertiary alicyclic amines) is 1. The van der Waals surface area contributed by atoms with Gasteiger partial charge < -0.3 is 10.6 Å². The van der Waals surface area contributed by atoms with Crippen LogP contribution in [0.3, 0.4) is 0 Å². The molecule has 0 bridgehead atoms. The molecule has 0 aromatic heterocycles. The highest BCUT2D eigenvalue weighted by Gasteiger charge is 2.38. The summed E-state index contributed by atoms with van der Waals surface area (Å²) in [5.74, 6) is 0.700. The lowest BCUT2D eigenvalue weighted by molar-refractivity contribution is 0.0920. The Balaban J connectivity index is 1.92. The number of hydrogen-bond acceptors (Lipinski definition) is 3. The van der Waals surface area contributed by atoms with Crippen molar-refractivity contribution in [3.8, 4) is 0 Å². The molecule has 0 spiro atoms. The molecule has 1 saturated heterocycles. The molecule has 19 heavy (non-hydrogen) atoms. The molecule has 1 aliphatic carbocycles. The molecule has 1 aliphatic heterocycles. The Morgan fingerprint density at radius 1 is 1.21 bits per heavy atom. The van der Waals surface area contributed by atoms with Crippen molar-refractivity contribution in [1.29, 1.82) is 0 Å². The zero-order valence-electron chi connectivity index (χ0n) is 13.4. The molecule has 0 aromatic rings. The van der Waals surface area contributed by atoms with Gasteiger partial charge in [-0.1, -0.05) is 20.3 Å². The first-order valence-electron chi connectivity index (χ1n) is 8.04. The summed E-state index contributed by atoms with van der Waals surface area (Å²) >= 11 is 0. The summed E-state index contributed by atoms with van der Waals surface area (Å²) < 4.78 is 0. The molecule has 1 saturated carbocycles. The van der Waals surface area contributed by atoms with Crippen LogP contribution in [-0.2, 0) is 0 Å². The van der Waals surface area contributed by atoms with Crippen LogP contribution in [0.1, 0.15) is 46.0 Å². The van der Waals surface area contributed by atoms with Gasteiger partial charge in [-0.25, -0.2) is 0 Å². The molecule has 2 fully saturated rings. The smallest absolute Gasteiger partial charge is 0.0223 e. The van der Waals surface area contributed by atoms with E-state index in [1.54, 1.807) is 0 Å². The lowest BCUT2D eigenvalue weighted by atomic mass is 9.68. The van der Waals surface area contributed by atoms with Crippen LogP contribution in [0.4, 0.5) is 0 Å². The van der Waals surface area contributed by atoms with Gasteiger partial charge in [-0.05, 0) is 57.7 Å². The maximum Gasteiger partial charge on any atom is 0.0223 e. The van der Waals surface area contributed by atoms with E-state index in [9.17, 15) is 0 Å². The predicted molar refractivity (Wildman–Crippen MR) is 82.2 cm³/mol. The highest BCUT2D eigenvalue weighted by Crippen LogP contribution is 2.38. The molecule has 0 aromatic carbocycles. The van der Waals surface area contributed by atoms with Crippen LogP contribution >= 0.6 is 0 Å². The first kappa shape index (κ1) is 15.3. The van der Waals surface area contributed by atoms with Crippen molar-refractivity contribution in [2.75, 3.05) is 33.7 Å². The van der Waals surface area contributed by atoms with E-state index in [1.807, 2.05) is 0 Å². The number of likely N-dealkylation sites (N-methyl/N-ethyl adjacent to an activating group) is 1. The third-order valence-electron chi connectivity index (χ3n) is 5.35. The summed E-state index contributed by atoms with van der Waals surface area (Å²) in [5.41, 5.74) is 6.88. The molecule has 0 radical (unpaired) electrons. The fourth-order valence-electron chi connectivity index (χ4n) is 4.07. The molecule has 1 heterocycles. The molecular weight excluding hydrogens is 234 g/mol. The normalized spacial score (nSPS) is 36.0. The van der Waals surface area contributed by atoms with Crippen LogP contribution in [0.5, 0.6) is 0 Å². The Morgan fingerprint density at radius 2 is 1.95 bits per heavy atom. The van der Waals surface area contributed by atoms with Gasteiger partial charge in [0.2, 0.25) is 0 Å². The van der Waals surface area contributed by atoms with E-state index in [4.69, 9.17) is 5.73 Å². The molecule has 3 unspecified atom stereocenters. The van der Waals surface area contributed by atoms with Crippen LogP contribution in [0.2, 0.25) is 0 Å². The summed E-state index contributed by atoms with van der Waals surface area (Å²) in [6.45, 7) is 8.41. The highest BCUT2D eigenvalue weighted by molar-refractivity contribution is 4.94. The number of nitrogens with zero attached hydrogens (tertiary/aromatic N) is 2. The van der Waals surface area contributed by atoms with E-state index >= 15 is 0 Å². The number of nitrogens with two attached hydrogens (primary N) is 1. The molecule has 3 nitrogen and oxygen atoms in total. The van der Waals surface area contributed by atoms with E-state index in [-0.39, 0.29) is 0 Å². The van der Waals surface area contributed by atoms with Crippen LogP contribution in [0.15, 0.2) is 0 Å². The fraction of sp³-hybridized carbons (Fsp3) is 1.00. The molecule has 2 N–H and O–H groups in total. The maximum absolute atomic E-state index is 6.54. The second-order valence-electron chi connectivity index (χ2n) is 7.72. The van der Waals surface area contributed by atoms with Crippen molar-refractivity contribution in [2.45, 2.75) is 58.0 Å². The van der Waals surface area contributed by atoms with Gasteiger partial charge in [-0.15, -0.1) is 0 Å². The van der Waals surface area contributed by atoms with Gasteiger partial charge in [-0.3, -0.25) is 4.90 Å². The Morgan fingerprint density at radius 3 is 2.63 bits per heavy atom. The predicted octanol–water partition coefficient (Wildman–Crippen LogP) is 2.17. The van der Waals surface area contributed by atoms with Crippen molar-refractivity contribution in [1.82, 2.24) is 9.80 Å². The second-order valence-corrected chi connectivity index (χ2v) is 7.72. The molecule has 3 atom stereocenters. The fourth-order valence-corrected chi connectivity index (χ4v) is 4.07. The standard InChI is InChI=1S/C16H33N3/c1-16(2)9-5-7-13(15(16)17)11-19-10-6-8-14(19)12-18(3)4/h13-15H,5-12,17H2,1-4H3.